The second-order valence-electron chi connectivity index (χ2n) is 20.5. The first-order chi connectivity index (χ1) is 30.6. The van der Waals surface area contributed by atoms with Gasteiger partial charge in [0.2, 0.25) is 5.91 Å². The van der Waals surface area contributed by atoms with Crippen LogP contribution >= 0.6 is 37.2 Å². The van der Waals surface area contributed by atoms with Gasteiger partial charge in [-0.25, -0.2) is 4.79 Å². The summed E-state index contributed by atoms with van der Waals surface area (Å²) in [4.78, 5) is 66.4. The summed E-state index contributed by atoms with van der Waals surface area (Å²) < 4.78 is 10.2. The molecule has 19 heteroatoms. The number of ketones is 2. The Bertz CT molecular complexity index is 2220. The Kier molecular flexibility index (Phi) is 15.8. The predicted octanol–water partition coefficient (Wildman–Crippen LogP) is 6.62. The molecule has 0 aliphatic heterocycles. The Labute approximate surface area is 406 Å². The van der Waals surface area contributed by atoms with Gasteiger partial charge in [0.25, 0.3) is 0 Å². The number of nitrogens with zero attached hydrogens (tertiary/aromatic N) is 9. The highest BCUT2D eigenvalue weighted by atomic mass is 128. The zero-order valence-electron chi connectivity index (χ0n) is 39.6. The van der Waals surface area contributed by atoms with E-state index in [1.807, 2.05) is 78.3 Å². The standard InChI is InChI=1S/C20H29N3O3.C19H28N4O2.C7H11N3O2.I2/c1-22(2)18-8-16(21-23(18)3)17(24)7-15-13-5-12-6-14(15)11-20(9-12,10-13)19(25)26-4;1-22(2)17-7-15(21-23(17)3)16(24)6-14-12-4-11-5-13(14)10-19(8-11,9-12)18(20)25;1-9(2)6-4-5(7(11)12)8-10(6)3;1-2/h8,12-15H,5-7,9-11H2,1-4H3;7,11-14H,4-6,8-10H2,1-3H3,(H2,20,25);4H,1-3H3,(H,11,12);. The fourth-order valence-corrected chi connectivity index (χ4v) is 13.3. The summed E-state index contributed by atoms with van der Waals surface area (Å²) >= 11 is 4.24. The minimum Gasteiger partial charge on any atom is -0.476 e. The van der Waals surface area contributed by atoms with Crippen molar-refractivity contribution >= 4 is 84.1 Å². The summed E-state index contributed by atoms with van der Waals surface area (Å²) in [6.07, 6.45) is 11.3. The molecule has 3 aromatic rings. The van der Waals surface area contributed by atoms with Crippen LogP contribution in [0.1, 0.15) is 109 Å². The van der Waals surface area contributed by atoms with Gasteiger partial charge in [0, 0.05) is 137 Å². The van der Waals surface area contributed by atoms with Crippen LogP contribution in [0.4, 0.5) is 17.5 Å². The Morgan fingerprint density at radius 1 is 0.631 bits per heavy atom. The van der Waals surface area contributed by atoms with Gasteiger partial charge in [-0.15, -0.1) is 0 Å². The van der Waals surface area contributed by atoms with E-state index in [1.165, 1.54) is 30.7 Å². The summed E-state index contributed by atoms with van der Waals surface area (Å²) in [5.41, 5.74) is 6.40. The molecule has 8 aliphatic carbocycles. The molecular formula is C46H68I2N10O7. The van der Waals surface area contributed by atoms with Gasteiger partial charge in [-0.05, 0) is 112 Å². The average molecular weight is 1130 g/mol. The second-order valence-corrected chi connectivity index (χ2v) is 20.5. The molecule has 8 saturated carbocycles. The number of amides is 1. The van der Waals surface area contributed by atoms with E-state index >= 15 is 0 Å². The molecule has 17 nitrogen and oxygen atoms in total. The zero-order chi connectivity index (χ0) is 47.9. The number of methoxy groups -OCH3 is 1. The maximum absolute atomic E-state index is 12.9. The molecule has 358 valence electrons. The van der Waals surface area contributed by atoms with Crippen LogP contribution in [0.5, 0.6) is 0 Å². The molecule has 65 heavy (non-hydrogen) atoms. The van der Waals surface area contributed by atoms with E-state index in [1.54, 1.807) is 21.3 Å². The van der Waals surface area contributed by atoms with Gasteiger partial charge in [0.1, 0.15) is 28.8 Å². The first-order valence-electron chi connectivity index (χ1n) is 22.6. The van der Waals surface area contributed by atoms with E-state index in [-0.39, 0.29) is 40.0 Å². The molecule has 0 spiro atoms. The number of hydrogen-bond donors (Lipinski definition) is 2. The molecule has 8 fully saturated rings. The highest BCUT2D eigenvalue weighted by Gasteiger charge is 2.60. The van der Waals surface area contributed by atoms with Crippen molar-refractivity contribution in [3.63, 3.8) is 0 Å². The number of anilines is 3. The SMILES string of the molecule is CN(C)c1cc(C(=O)CC2C3CC4CC2CC(C(N)=O)(C4)C3)nn1C.CN(C)c1cc(C(=O)O)nn1C.COC(=O)C12CC3CC(C1)C(CC(=O)c1cc(N(C)C)n(C)n1)C(C3)C2.II. The highest BCUT2D eigenvalue weighted by molar-refractivity contribution is 15.0. The molecule has 4 unspecified atom stereocenters. The first-order valence-corrected chi connectivity index (χ1v) is 28.9. The minimum atomic E-state index is -1.00. The van der Waals surface area contributed by atoms with Gasteiger partial charge in [0.15, 0.2) is 17.3 Å². The van der Waals surface area contributed by atoms with Crippen LogP contribution in [0, 0.1) is 58.2 Å². The molecule has 3 aromatic heterocycles. The number of carbonyl (C=O) groups excluding carboxylic acids is 4. The lowest BCUT2D eigenvalue weighted by atomic mass is 9.45. The van der Waals surface area contributed by atoms with Crippen LogP contribution < -0.4 is 20.4 Å². The van der Waals surface area contributed by atoms with Crippen molar-refractivity contribution in [1.82, 2.24) is 29.3 Å². The summed E-state index contributed by atoms with van der Waals surface area (Å²) in [6, 6.07) is 5.29. The van der Waals surface area contributed by atoms with Crippen molar-refractivity contribution in [2.75, 3.05) is 64.1 Å². The molecular weight excluding hydrogens is 1060 g/mol. The van der Waals surface area contributed by atoms with Crippen LogP contribution in [0.25, 0.3) is 0 Å². The number of carboxylic acid groups (broad SMARTS) is 1. The maximum atomic E-state index is 12.9. The number of halogens is 2. The fraction of sp³-hybridized carbons (Fsp3) is 0.696. The van der Waals surface area contributed by atoms with Crippen LogP contribution in [-0.2, 0) is 35.5 Å². The Balaban J connectivity index is 0.000000169. The molecule has 3 N–H and O–H groups in total. The fourth-order valence-electron chi connectivity index (χ4n) is 13.3. The third-order valence-electron chi connectivity index (χ3n) is 15.7. The molecule has 0 aromatic carbocycles. The van der Waals surface area contributed by atoms with E-state index in [0.717, 1.165) is 68.8 Å². The van der Waals surface area contributed by atoms with E-state index in [4.69, 9.17) is 15.6 Å². The predicted molar refractivity (Wildman–Crippen MR) is 266 cm³/mol. The number of primary amides is 1. The number of rotatable bonds is 12. The van der Waals surface area contributed by atoms with Crippen molar-refractivity contribution < 1.29 is 33.8 Å². The van der Waals surface area contributed by atoms with Gasteiger partial charge >= 0.3 is 11.9 Å². The number of aromatic nitrogens is 6. The third-order valence-corrected chi connectivity index (χ3v) is 15.7. The molecule has 8 bridgehead atoms. The first kappa shape index (κ1) is 50.6. The van der Waals surface area contributed by atoms with Gasteiger partial charge in [-0.3, -0.25) is 33.2 Å². The normalized spacial score (nSPS) is 29.6. The number of carboxylic acids is 1. The van der Waals surface area contributed by atoms with Gasteiger partial charge < -0.3 is 30.3 Å². The largest absolute Gasteiger partial charge is 0.476 e. The Morgan fingerprint density at radius 3 is 1.25 bits per heavy atom. The van der Waals surface area contributed by atoms with Crippen LogP contribution in [0.2, 0.25) is 0 Å². The molecule has 1 amide bonds. The number of nitrogens with two attached hydrogens (primary N) is 1. The lowest BCUT2D eigenvalue weighted by Gasteiger charge is -2.58. The topological polar surface area (TPSA) is 204 Å². The van der Waals surface area contributed by atoms with Crippen molar-refractivity contribution in [3.05, 3.63) is 35.3 Å². The number of ether oxygens (including phenoxy) is 1. The van der Waals surface area contributed by atoms with Crippen molar-refractivity contribution in [3.8, 4) is 0 Å². The number of aromatic carboxylic acids is 1. The summed E-state index contributed by atoms with van der Waals surface area (Å²) in [5, 5.41) is 21.2. The number of aryl methyl sites for hydroxylation is 3. The quantitative estimate of drug-likeness (QED) is 0.111. The monoisotopic (exact) mass is 1130 g/mol. The molecule has 0 saturated heterocycles. The maximum Gasteiger partial charge on any atom is 0.356 e. The number of carbonyl (C=O) groups is 5. The van der Waals surface area contributed by atoms with Gasteiger partial charge in [-0.2, -0.15) is 15.3 Å². The van der Waals surface area contributed by atoms with Crippen molar-refractivity contribution in [2.45, 2.75) is 77.0 Å². The highest BCUT2D eigenvalue weighted by Crippen LogP contribution is 2.64. The Hall–Kier alpha value is -3.76. The third kappa shape index (κ3) is 10.4. The van der Waals surface area contributed by atoms with Gasteiger partial charge in [-0.1, -0.05) is 0 Å². The lowest BCUT2D eigenvalue weighted by Crippen LogP contribution is -2.56. The zero-order valence-corrected chi connectivity index (χ0v) is 43.9. The molecule has 0 radical (unpaired) electrons. The van der Waals surface area contributed by atoms with Crippen LogP contribution in [0.3, 0.4) is 0 Å². The van der Waals surface area contributed by atoms with Gasteiger partial charge in [0.05, 0.1) is 12.5 Å². The van der Waals surface area contributed by atoms with Crippen LogP contribution in [-0.4, -0.2) is 113 Å². The van der Waals surface area contributed by atoms with E-state index in [0.29, 0.717) is 71.6 Å². The molecule has 3 heterocycles. The molecule has 4 atom stereocenters. The van der Waals surface area contributed by atoms with Crippen LogP contribution in [0.15, 0.2) is 18.2 Å². The molecule has 8 aliphatic rings. The summed E-state index contributed by atoms with van der Waals surface area (Å²) in [7, 11) is 18.4. The van der Waals surface area contributed by atoms with E-state index in [2.05, 4.69) is 52.5 Å². The Morgan fingerprint density at radius 2 is 0.954 bits per heavy atom. The van der Waals surface area contributed by atoms with Crippen molar-refractivity contribution in [2.24, 2.45) is 85.0 Å². The number of hydrogen-bond acceptors (Lipinski definition) is 12. The van der Waals surface area contributed by atoms with Crippen molar-refractivity contribution in [1.29, 1.82) is 0 Å². The van der Waals surface area contributed by atoms with E-state index in [9.17, 15) is 24.0 Å². The lowest BCUT2D eigenvalue weighted by molar-refractivity contribution is -0.174. The average Bonchev–Trinajstić information content (AvgIpc) is 3.97. The van der Waals surface area contributed by atoms with E-state index < -0.39 is 5.97 Å². The molecule has 11 rings (SSSR count). The summed E-state index contributed by atoms with van der Waals surface area (Å²) in [6.45, 7) is 0. The minimum absolute atomic E-state index is 0.0259. The number of esters is 1. The summed E-state index contributed by atoms with van der Waals surface area (Å²) in [5.74, 6) is 5.70. The smallest absolute Gasteiger partial charge is 0.356 e. The second kappa shape index (κ2) is 20.2. The number of Topliss-reactive ketones (excluding diaryl/α,β-unsaturated/α-hetero) is 2.